The number of hydrogen-bond acceptors (Lipinski definition) is 5. The summed E-state index contributed by atoms with van der Waals surface area (Å²) in [6.07, 6.45) is 5.58. The molecule has 0 aliphatic heterocycles. The van der Waals surface area contributed by atoms with Gasteiger partial charge in [0.2, 0.25) is 0 Å². The summed E-state index contributed by atoms with van der Waals surface area (Å²) in [4.78, 5) is 16.2. The Morgan fingerprint density at radius 3 is 2.83 bits per heavy atom. The molecule has 0 amide bonds. The van der Waals surface area contributed by atoms with Crippen LogP contribution in [-0.2, 0) is 7.05 Å². The Labute approximate surface area is 134 Å². The minimum atomic E-state index is -0.150. The number of hydrogen-bond donors (Lipinski definition) is 1. The van der Waals surface area contributed by atoms with Crippen molar-refractivity contribution in [3.63, 3.8) is 0 Å². The maximum Gasteiger partial charge on any atom is 0.250 e. The number of nitriles is 1. The van der Waals surface area contributed by atoms with Crippen LogP contribution in [0.4, 0.5) is 0 Å². The monoisotopic (exact) mass is 312 g/mol. The first kappa shape index (κ1) is 15.5. The zero-order chi connectivity index (χ0) is 16.4. The molecule has 3 rings (SSSR count). The van der Waals surface area contributed by atoms with Gasteiger partial charge in [-0.25, -0.2) is 0 Å². The molecule has 1 aliphatic rings. The molecule has 1 aliphatic carbocycles. The predicted molar refractivity (Wildman–Crippen MR) is 87.1 cm³/mol. The van der Waals surface area contributed by atoms with E-state index in [4.69, 9.17) is 10.5 Å². The Balaban J connectivity index is 1.94. The van der Waals surface area contributed by atoms with Crippen molar-refractivity contribution in [2.75, 3.05) is 6.61 Å². The highest BCUT2D eigenvalue weighted by Crippen LogP contribution is 2.29. The molecule has 1 saturated carbocycles. The number of rotatable bonds is 3. The average Bonchev–Trinajstić information content (AvgIpc) is 2.57. The van der Waals surface area contributed by atoms with Crippen LogP contribution >= 0.6 is 0 Å². The van der Waals surface area contributed by atoms with Gasteiger partial charge >= 0.3 is 0 Å². The van der Waals surface area contributed by atoms with Gasteiger partial charge in [0.15, 0.2) is 5.75 Å². The summed E-state index contributed by atoms with van der Waals surface area (Å²) < 4.78 is 7.47. The van der Waals surface area contributed by atoms with Gasteiger partial charge in [-0.05, 0) is 37.7 Å². The summed E-state index contributed by atoms with van der Waals surface area (Å²) in [5.41, 5.74) is 7.35. The van der Waals surface area contributed by atoms with Crippen LogP contribution in [0.1, 0.15) is 31.2 Å². The highest BCUT2D eigenvalue weighted by molar-refractivity contribution is 5.83. The lowest BCUT2D eigenvalue weighted by molar-refractivity contribution is 0.201. The second-order valence-corrected chi connectivity index (χ2v) is 6.17. The third-order valence-corrected chi connectivity index (χ3v) is 4.56. The molecule has 6 heteroatoms. The van der Waals surface area contributed by atoms with E-state index in [1.54, 1.807) is 13.1 Å². The van der Waals surface area contributed by atoms with Crippen LogP contribution in [0.2, 0.25) is 0 Å². The van der Waals surface area contributed by atoms with Crippen molar-refractivity contribution in [3.8, 4) is 11.8 Å². The van der Waals surface area contributed by atoms with Crippen molar-refractivity contribution in [2.24, 2.45) is 18.7 Å². The SMILES string of the molecule is Cn1c(=O)ccc2ncc(C#N)c(OCC3CCC(N)CC3)c21. The summed E-state index contributed by atoms with van der Waals surface area (Å²) in [5.74, 6) is 0.887. The van der Waals surface area contributed by atoms with Crippen molar-refractivity contribution in [3.05, 3.63) is 34.2 Å². The molecule has 2 heterocycles. The molecule has 23 heavy (non-hydrogen) atoms. The second-order valence-electron chi connectivity index (χ2n) is 6.17. The highest BCUT2D eigenvalue weighted by Gasteiger charge is 2.21. The van der Waals surface area contributed by atoms with E-state index in [0.29, 0.717) is 40.9 Å². The molecule has 0 atom stereocenters. The Kier molecular flexibility index (Phi) is 4.30. The molecule has 1 fully saturated rings. The summed E-state index contributed by atoms with van der Waals surface area (Å²) in [6.45, 7) is 0.531. The molecule has 0 saturated heterocycles. The van der Waals surface area contributed by atoms with E-state index >= 15 is 0 Å². The van der Waals surface area contributed by atoms with Crippen molar-refractivity contribution in [2.45, 2.75) is 31.7 Å². The lowest BCUT2D eigenvalue weighted by Crippen LogP contribution is -2.29. The fourth-order valence-electron chi connectivity index (χ4n) is 3.10. The number of aromatic nitrogens is 2. The summed E-state index contributed by atoms with van der Waals surface area (Å²) >= 11 is 0. The van der Waals surface area contributed by atoms with Gasteiger partial charge in [-0.1, -0.05) is 0 Å². The van der Waals surface area contributed by atoms with Crippen LogP contribution < -0.4 is 16.0 Å². The molecule has 2 aromatic heterocycles. The molecular weight excluding hydrogens is 292 g/mol. The van der Waals surface area contributed by atoms with Gasteiger partial charge in [-0.15, -0.1) is 0 Å². The molecule has 120 valence electrons. The Bertz CT molecular complexity index is 814. The van der Waals surface area contributed by atoms with E-state index in [9.17, 15) is 10.1 Å². The molecule has 6 nitrogen and oxygen atoms in total. The largest absolute Gasteiger partial charge is 0.490 e. The minimum absolute atomic E-state index is 0.150. The highest BCUT2D eigenvalue weighted by atomic mass is 16.5. The molecular formula is C17H20N4O2. The molecule has 2 aromatic rings. The summed E-state index contributed by atoms with van der Waals surface area (Å²) in [5, 5.41) is 9.34. The molecule has 0 radical (unpaired) electrons. The Morgan fingerprint density at radius 1 is 1.39 bits per heavy atom. The first-order valence-electron chi connectivity index (χ1n) is 7.87. The van der Waals surface area contributed by atoms with E-state index in [1.807, 2.05) is 0 Å². The summed E-state index contributed by atoms with van der Waals surface area (Å²) in [7, 11) is 1.67. The Hall–Kier alpha value is -2.39. The van der Waals surface area contributed by atoms with Gasteiger partial charge in [0.1, 0.15) is 17.1 Å². The topological polar surface area (TPSA) is 93.9 Å². The molecule has 0 bridgehead atoms. The van der Waals surface area contributed by atoms with Crippen LogP contribution in [0.3, 0.4) is 0 Å². The van der Waals surface area contributed by atoms with Gasteiger partial charge in [0.05, 0.1) is 12.1 Å². The number of nitrogens with zero attached hydrogens (tertiary/aromatic N) is 3. The average molecular weight is 312 g/mol. The zero-order valence-corrected chi connectivity index (χ0v) is 13.2. The van der Waals surface area contributed by atoms with Crippen LogP contribution in [0.5, 0.6) is 5.75 Å². The van der Waals surface area contributed by atoms with E-state index in [2.05, 4.69) is 11.1 Å². The third kappa shape index (κ3) is 3.06. The fourth-order valence-corrected chi connectivity index (χ4v) is 3.10. The van der Waals surface area contributed by atoms with Gasteiger partial charge in [0, 0.05) is 25.4 Å². The van der Waals surface area contributed by atoms with Crippen LogP contribution in [0.15, 0.2) is 23.1 Å². The number of aryl methyl sites for hydroxylation is 1. The normalized spacial score (nSPS) is 21.1. The van der Waals surface area contributed by atoms with Crippen LogP contribution in [-0.4, -0.2) is 22.2 Å². The van der Waals surface area contributed by atoms with Crippen molar-refractivity contribution in [1.29, 1.82) is 5.26 Å². The number of pyridine rings is 2. The standard InChI is InChI=1S/C17H20N4O2/c1-21-15(22)7-6-14-16(21)17(12(8-18)9-20-14)23-10-11-2-4-13(19)5-3-11/h6-7,9,11,13H,2-5,10,19H2,1H3. The van der Waals surface area contributed by atoms with Gasteiger partial charge in [-0.3, -0.25) is 9.78 Å². The van der Waals surface area contributed by atoms with Gasteiger partial charge in [0.25, 0.3) is 5.56 Å². The van der Waals surface area contributed by atoms with Crippen molar-refractivity contribution in [1.82, 2.24) is 9.55 Å². The van der Waals surface area contributed by atoms with Gasteiger partial charge in [-0.2, -0.15) is 5.26 Å². The predicted octanol–water partition coefficient (Wildman–Crippen LogP) is 1.70. The molecule has 2 N–H and O–H groups in total. The summed E-state index contributed by atoms with van der Waals surface area (Å²) in [6, 6.07) is 5.53. The van der Waals surface area contributed by atoms with E-state index in [1.165, 1.54) is 16.8 Å². The molecule has 0 aromatic carbocycles. The second kappa shape index (κ2) is 6.39. The fraction of sp³-hybridized carbons (Fsp3) is 0.471. The maximum absolute atomic E-state index is 11.9. The first-order valence-corrected chi connectivity index (χ1v) is 7.87. The molecule has 0 spiro atoms. The van der Waals surface area contributed by atoms with E-state index in [-0.39, 0.29) is 5.56 Å². The number of ether oxygens (including phenoxy) is 1. The van der Waals surface area contributed by atoms with Crippen LogP contribution in [0.25, 0.3) is 11.0 Å². The number of nitrogens with two attached hydrogens (primary N) is 1. The minimum Gasteiger partial charge on any atom is -0.490 e. The number of fused-ring (bicyclic) bond motifs is 1. The smallest absolute Gasteiger partial charge is 0.250 e. The van der Waals surface area contributed by atoms with E-state index < -0.39 is 0 Å². The molecule has 0 unspecified atom stereocenters. The van der Waals surface area contributed by atoms with Crippen molar-refractivity contribution < 1.29 is 4.74 Å². The maximum atomic E-state index is 11.9. The van der Waals surface area contributed by atoms with Gasteiger partial charge < -0.3 is 15.0 Å². The zero-order valence-electron chi connectivity index (χ0n) is 13.2. The van der Waals surface area contributed by atoms with Crippen LogP contribution in [0, 0.1) is 17.2 Å². The quantitative estimate of drug-likeness (QED) is 0.931. The third-order valence-electron chi connectivity index (χ3n) is 4.56. The lowest BCUT2D eigenvalue weighted by Gasteiger charge is -2.26. The van der Waals surface area contributed by atoms with E-state index in [0.717, 1.165) is 25.7 Å². The van der Waals surface area contributed by atoms with Crippen molar-refractivity contribution >= 4 is 11.0 Å². The lowest BCUT2D eigenvalue weighted by atomic mass is 9.87. The first-order chi connectivity index (χ1) is 11.1. The Morgan fingerprint density at radius 2 is 2.13 bits per heavy atom.